The Labute approximate surface area is 190 Å². The molecule has 0 bridgehead atoms. The number of H-pyrrole nitrogens is 1. The molecule has 1 aliphatic carbocycles. The van der Waals surface area contributed by atoms with Gasteiger partial charge in [-0.25, -0.2) is 17.7 Å². The van der Waals surface area contributed by atoms with E-state index in [4.69, 9.17) is 0 Å². The summed E-state index contributed by atoms with van der Waals surface area (Å²) in [5, 5.41) is 2.12. The number of halogens is 3. The van der Waals surface area contributed by atoms with Gasteiger partial charge in [0.25, 0.3) is 0 Å². The van der Waals surface area contributed by atoms with Gasteiger partial charge in [0.2, 0.25) is 10.0 Å². The summed E-state index contributed by atoms with van der Waals surface area (Å²) in [6.07, 6.45) is 4.51. The van der Waals surface area contributed by atoms with Crippen LogP contribution in [0.3, 0.4) is 0 Å². The minimum Gasteiger partial charge on any atom is -0.346 e. The Balaban J connectivity index is 1.28. The summed E-state index contributed by atoms with van der Waals surface area (Å²) in [5.41, 5.74) is 2.86. The molecule has 2 fully saturated rings. The highest BCUT2D eigenvalue weighted by Crippen LogP contribution is 2.41. The highest BCUT2D eigenvalue weighted by Gasteiger charge is 2.44. The minimum atomic E-state index is -4.35. The average Bonchev–Trinajstić information content (AvgIpc) is 3.28. The van der Waals surface area contributed by atoms with Gasteiger partial charge in [0, 0.05) is 36.3 Å². The van der Waals surface area contributed by atoms with Crippen LogP contribution in [0.15, 0.2) is 30.7 Å². The second-order valence-corrected chi connectivity index (χ2v) is 11.4. The molecule has 178 valence electrons. The van der Waals surface area contributed by atoms with Gasteiger partial charge in [-0.2, -0.15) is 13.2 Å². The molecule has 0 spiro atoms. The Morgan fingerprint density at radius 2 is 1.88 bits per heavy atom. The van der Waals surface area contributed by atoms with Crippen LogP contribution in [0.4, 0.5) is 13.2 Å². The van der Waals surface area contributed by atoms with Crippen LogP contribution in [-0.2, 0) is 10.0 Å². The van der Waals surface area contributed by atoms with Crippen molar-refractivity contribution in [2.24, 2.45) is 11.8 Å². The van der Waals surface area contributed by atoms with Crippen LogP contribution in [0.1, 0.15) is 50.0 Å². The van der Waals surface area contributed by atoms with Gasteiger partial charge in [0.15, 0.2) is 0 Å². The van der Waals surface area contributed by atoms with Crippen LogP contribution in [0.5, 0.6) is 0 Å². The smallest absolute Gasteiger partial charge is 0.346 e. The monoisotopic (exact) mass is 480 g/mol. The summed E-state index contributed by atoms with van der Waals surface area (Å²) < 4.78 is 66.3. The maximum absolute atomic E-state index is 13.1. The number of aromatic amines is 1. The Morgan fingerprint density at radius 3 is 2.64 bits per heavy atom. The van der Waals surface area contributed by atoms with Crippen LogP contribution >= 0.6 is 0 Å². The summed E-state index contributed by atoms with van der Waals surface area (Å²) in [7, 11) is -3.70. The number of hydrogen-bond donors (Lipinski definition) is 1. The fourth-order valence-corrected chi connectivity index (χ4v) is 7.48. The van der Waals surface area contributed by atoms with Gasteiger partial charge >= 0.3 is 6.18 Å². The molecule has 2 aliphatic rings. The zero-order valence-corrected chi connectivity index (χ0v) is 19.0. The number of fused-ring (bicyclic) bond motifs is 3. The molecular formula is C23H27F3N4O2S. The highest BCUT2D eigenvalue weighted by atomic mass is 32.2. The zero-order chi connectivity index (χ0) is 23.2. The first-order valence-electron chi connectivity index (χ1n) is 11.5. The number of nitrogens with one attached hydrogen (secondary N) is 1. The van der Waals surface area contributed by atoms with Crippen LogP contribution in [0.2, 0.25) is 0 Å². The molecule has 0 aromatic carbocycles. The van der Waals surface area contributed by atoms with E-state index in [2.05, 4.69) is 15.0 Å². The average molecular weight is 481 g/mol. The molecule has 4 heterocycles. The lowest BCUT2D eigenvalue weighted by Crippen LogP contribution is -2.46. The van der Waals surface area contributed by atoms with E-state index in [1.807, 2.05) is 18.3 Å². The summed E-state index contributed by atoms with van der Waals surface area (Å²) in [5.74, 6) is -1.36. The number of alkyl halides is 3. The molecule has 3 aromatic heterocycles. The van der Waals surface area contributed by atoms with E-state index in [0.29, 0.717) is 5.92 Å². The molecule has 33 heavy (non-hydrogen) atoms. The first-order valence-corrected chi connectivity index (χ1v) is 13.1. The number of pyridine rings is 2. The lowest BCUT2D eigenvalue weighted by molar-refractivity contribution is -0.182. The van der Waals surface area contributed by atoms with Crippen molar-refractivity contribution in [3.8, 4) is 0 Å². The van der Waals surface area contributed by atoms with Crippen LogP contribution in [0, 0.1) is 11.8 Å². The number of rotatable bonds is 4. The van der Waals surface area contributed by atoms with Crippen molar-refractivity contribution in [2.75, 3.05) is 18.8 Å². The third-order valence-corrected chi connectivity index (χ3v) is 9.31. The van der Waals surface area contributed by atoms with Gasteiger partial charge in [-0.05, 0) is 68.1 Å². The molecule has 6 nitrogen and oxygen atoms in total. The number of piperidine rings is 1. The Kier molecular flexibility index (Phi) is 5.84. The van der Waals surface area contributed by atoms with Crippen LogP contribution < -0.4 is 0 Å². The Hall–Kier alpha value is -2.20. The van der Waals surface area contributed by atoms with Crippen LogP contribution in [-0.4, -0.2) is 52.7 Å². The fourth-order valence-electron chi connectivity index (χ4n) is 5.53. The molecule has 0 amide bonds. The summed E-state index contributed by atoms with van der Waals surface area (Å²) in [6.45, 7) is -0.251. The Morgan fingerprint density at radius 1 is 1.09 bits per heavy atom. The van der Waals surface area contributed by atoms with Crippen molar-refractivity contribution < 1.29 is 21.6 Å². The molecule has 0 radical (unpaired) electrons. The van der Waals surface area contributed by atoms with Gasteiger partial charge < -0.3 is 4.98 Å². The van der Waals surface area contributed by atoms with Gasteiger partial charge in [0.05, 0.1) is 23.4 Å². The van der Waals surface area contributed by atoms with Crippen molar-refractivity contribution in [2.45, 2.75) is 50.6 Å². The molecular weight excluding hydrogens is 453 g/mol. The maximum Gasteiger partial charge on any atom is 0.393 e. The molecule has 10 heteroatoms. The van der Waals surface area contributed by atoms with E-state index < -0.39 is 28.7 Å². The van der Waals surface area contributed by atoms with E-state index in [1.54, 1.807) is 12.4 Å². The SMILES string of the molecule is O=S(=O)(CC1CCC(c2ccnc3cnc4[nH]ccc4c23)CC1)N1CCCC(C(F)(F)F)C1. The van der Waals surface area contributed by atoms with Crippen molar-refractivity contribution in [1.29, 1.82) is 0 Å². The van der Waals surface area contributed by atoms with E-state index in [9.17, 15) is 21.6 Å². The molecule has 1 aliphatic heterocycles. The van der Waals surface area contributed by atoms with Crippen molar-refractivity contribution in [3.63, 3.8) is 0 Å². The topological polar surface area (TPSA) is 79.0 Å². The number of aromatic nitrogens is 3. The predicted octanol–water partition coefficient (Wildman–Crippen LogP) is 4.99. The molecule has 1 atom stereocenters. The minimum absolute atomic E-state index is 0.00441. The molecule has 1 N–H and O–H groups in total. The number of sulfonamides is 1. The van der Waals surface area contributed by atoms with Gasteiger partial charge in [0.1, 0.15) is 5.65 Å². The predicted molar refractivity (Wildman–Crippen MR) is 120 cm³/mol. The van der Waals surface area contributed by atoms with Gasteiger partial charge in [-0.15, -0.1) is 0 Å². The van der Waals surface area contributed by atoms with Crippen molar-refractivity contribution in [3.05, 3.63) is 36.3 Å². The number of hydrogen-bond acceptors (Lipinski definition) is 4. The second kappa shape index (κ2) is 8.54. The maximum atomic E-state index is 13.1. The highest BCUT2D eigenvalue weighted by molar-refractivity contribution is 7.89. The molecule has 1 saturated heterocycles. The quantitative estimate of drug-likeness (QED) is 0.571. The normalized spacial score (nSPS) is 25.6. The first kappa shape index (κ1) is 22.6. The zero-order valence-electron chi connectivity index (χ0n) is 18.2. The summed E-state index contributed by atoms with van der Waals surface area (Å²) >= 11 is 0. The number of nitrogens with zero attached hydrogens (tertiary/aromatic N) is 3. The summed E-state index contributed by atoms with van der Waals surface area (Å²) in [4.78, 5) is 12.0. The van der Waals surface area contributed by atoms with E-state index in [-0.39, 0.29) is 31.1 Å². The lowest BCUT2D eigenvalue weighted by atomic mass is 9.78. The second-order valence-electron chi connectivity index (χ2n) is 9.39. The third kappa shape index (κ3) is 4.47. The standard InChI is InChI=1S/C23H27F3N4O2S/c24-23(25,26)17-2-1-11-30(13-17)33(31,32)14-15-3-5-16(6-4-15)18-7-9-27-20-12-29-22-19(21(18)20)8-10-28-22/h7-10,12,15-17H,1-6,11,13-14H2,(H,28,29). The molecule has 5 rings (SSSR count). The van der Waals surface area contributed by atoms with Crippen molar-refractivity contribution in [1.82, 2.24) is 19.3 Å². The molecule has 1 unspecified atom stereocenters. The molecule has 1 saturated carbocycles. The van der Waals surface area contributed by atoms with E-state index in [1.165, 1.54) is 5.56 Å². The first-order chi connectivity index (χ1) is 15.7. The van der Waals surface area contributed by atoms with Crippen LogP contribution in [0.25, 0.3) is 21.9 Å². The summed E-state index contributed by atoms with van der Waals surface area (Å²) in [6, 6.07) is 4.04. The van der Waals surface area contributed by atoms with E-state index >= 15 is 0 Å². The van der Waals surface area contributed by atoms with Crippen molar-refractivity contribution >= 4 is 32.0 Å². The lowest BCUT2D eigenvalue weighted by Gasteiger charge is -2.35. The van der Waals surface area contributed by atoms with E-state index in [0.717, 1.165) is 51.9 Å². The molecule has 3 aromatic rings. The van der Waals surface area contributed by atoms with Gasteiger partial charge in [-0.3, -0.25) is 4.98 Å². The largest absolute Gasteiger partial charge is 0.393 e. The fraction of sp³-hybridized carbons (Fsp3) is 0.565. The van der Waals surface area contributed by atoms with Gasteiger partial charge in [-0.1, -0.05) is 0 Å². The Bertz CT molecular complexity index is 1250. The third-order valence-electron chi connectivity index (χ3n) is 7.30.